The van der Waals surface area contributed by atoms with Gasteiger partial charge in [-0.25, -0.2) is 0 Å². The van der Waals surface area contributed by atoms with Crippen LogP contribution in [0.5, 0.6) is 0 Å². The fourth-order valence-electron chi connectivity index (χ4n) is 1.01. The van der Waals surface area contributed by atoms with Gasteiger partial charge in [0.15, 0.2) is 0 Å². The van der Waals surface area contributed by atoms with E-state index in [-0.39, 0.29) is 16.5 Å². The molecule has 0 bridgehead atoms. The molecule has 0 aliphatic heterocycles. The Bertz CT molecular complexity index is 279. The maximum Gasteiger partial charge on any atom is 0.232 e. The molecule has 0 fully saturated rings. The van der Waals surface area contributed by atoms with Crippen LogP contribution < -0.4 is 11.1 Å². The van der Waals surface area contributed by atoms with Crippen LogP contribution in [0.4, 0.5) is 0 Å². The molecular formula is C11H22N2O2S. The quantitative estimate of drug-likeness (QED) is 0.692. The van der Waals surface area contributed by atoms with E-state index < -0.39 is 5.41 Å². The van der Waals surface area contributed by atoms with Crippen molar-refractivity contribution in [2.45, 2.75) is 39.7 Å². The zero-order chi connectivity index (χ0) is 13.0. The van der Waals surface area contributed by atoms with Crippen LogP contribution in [-0.2, 0) is 9.53 Å². The van der Waals surface area contributed by atoms with E-state index in [0.717, 1.165) is 0 Å². The summed E-state index contributed by atoms with van der Waals surface area (Å²) in [6, 6.07) is 0. The van der Waals surface area contributed by atoms with Gasteiger partial charge in [0.05, 0.1) is 16.0 Å². The molecule has 0 saturated heterocycles. The number of ether oxygens (including phenoxy) is 1. The normalized spacial score (nSPS) is 15.3. The highest BCUT2D eigenvalue weighted by molar-refractivity contribution is 7.80. The molecule has 0 aliphatic rings. The molecule has 0 aliphatic carbocycles. The molecule has 16 heavy (non-hydrogen) atoms. The standard InChI is InChI=1S/C11H22N2O2S/c1-6-11(4,8(12)16)9(14)13-7-10(2,3)15-5/h6-7H2,1-5H3,(H2,12,16)(H,13,14). The van der Waals surface area contributed by atoms with Gasteiger partial charge in [0.25, 0.3) is 0 Å². The topological polar surface area (TPSA) is 64.3 Å². The number of methoxy groups -OCH3 is 1. The molecule has 0 aromatic heterocycles. The number of hydrogen-bond donors (Lipinski definition) is 2. The zero-order valence-electron chi connectivity index (χ0n) is 10.7. The number of amides is 1. The number of thiocarbonyl (C=S) groups is 1. The van der Waals surface area contributed by atoms with Crippen LogP contribution in [0.15, 0.2) is 0 Å². The first-order valence-corrected chi connectivity index (χ1v) is 5.74. The Balaban J connectivity index is 4.52. The highest BCUT2D eigenvalue weighted by atomic mass is 32.1. The summed E-state index contributed by atoms with van der Waals surface area (Å²) in [6.07, 6.45) is 0.585. The maximum absolute atomic E-state index is 12.0. The van der Waals surface area contributed by atoms with Gasteiger partial charge >= 0.3 is 0 Å². The highest BCUT2D eigenvalue weighted by Gasteiger charge is 2.35. The van der Waals surface area contributed by atoms with Crippen LogP contribution in [0.1, 0.15) is 34.1 Å². The molecule has 3 N–H and O–H groups in total. The summed E-state index contributed by atoms with van der Waals surface area (Å²) < 4.78 is 5.22. The Kier molecular flexibility index (Phi) is 5.35. The van der Waals surface area contributed by atoms with E-state index in [0.29, 0.717) is 13.0 Å². The number of hydrogen-bond acceptors (Lipinski definition) is 3. The molecule has 0 saturated carbocycles. The predicted octanol–water partition coefficient (Wildman–Crippen LogP) is 1.23. The van der Waals surface area contributed by atoms with Crippen molar-refractivity contribution in [2.24, 2.45) is 11.1 Å². The van der Waals surface area contributed by atoms with Crippen LogP contribution >= 0.6 is 12.2 Å². The lowest BCUT2D eigenvalue weighted by Gasteiger charge is -2.29. The fraction of sp³-hybridized carbons (Fsp3) is 0.818. The lowest BCUT2D eigenvalue weighted by Crippen LogP contribution is -2.50. The lowest BCUT2D eigenvalue weighted by atomic mass is 9.86. The summed E-state index contributed by atoms with van der Waals surface area (Å²) in [4.78, 5) is 12.2. The summed E-state index contributed by atoms with van der Waals surface area (Å²) in [5, 5.41) is 2.82. The number of rotatable bonds is 6. The summed E-state index contributed by atoms with van der Waals surface area (Å²) in [7, 11) is 1.61. The molecule has 94 valence electrons. The van der Waals surface area contributed by atoms with Crippen LogP contribution in [0, 0.1) is 5.41 Å². The van der Waals surface area contributed by atoms with Gasteiger partial charge in [0.2, 0.25) is 5.91 Å². The molecule has 0 radical (unpaired) electrons. The average molecular weight is 246 g/mol. The van der Waals surface area contributed by atoms with Crippen molar-refractivity contribution in [2.75, 3.05) is 13.7 Å². The number of carbonyl (C=O) groups excluding carboxylic acids is 1. The minimum Gasteiger partial charge on any atom is -0.392 e. The third-order valence-corrected chi connectivity index (χ3v) is 3.43. The Morgan fingerprint density at radius 1 is 1.44 bits per heavy atom. The second-order valence-electron chi connectivity index (χ2n) is 4.70. The first-order chi connectivity index (χ1) is 7.19. The zero-order valence-corrected chi connectivity index (χ0v) is 11.5. The van der Waals surface area contributed by atoms with E-state index in [4.69, 9.17) is 22.7 Å². The second-order valence-corrected chi connectivity index (χ2v) is 5.14. The third kappa shape index (κ3) is 3.72. The molecule has 0 spiro atoms. The van der Waals surface area contributed by atoms with Crippen molar-refractivity contribution in [3.05, 3.63) is 0 Å². The predicted molar refractivity (Wildman–Crippen MR) is 69.3 cm³/mol. The first-order valence-electron chi connectivity index (χ1n) is 5.33. The lowest BCUT2D eigenvalue weighted by molar-refractivity contribution is -0.128. The molecule has 4 nitrogen and oxygen atoms in total. The third-order valence-electron chi connectivity index (χ3n) is 2.98. The largest absolute Gasteiger partial charge is 0.392 e. The smallest absolute Gasteiger partial charge is 0.232 e. The molecule has 1 unspecified atom stereocenters. The summed E-state index contributed by atoms with van der Waals surface area (Å²) in [5.74, 6) is -0.146. The Morgan fingerprint density at radius 3 is 2.25 bits per heavy atom. The SMILES string of the molecule is CCC(C)(C(=O)NCC(C)(C)OC)C(N)=S. The van der Waals surface area contributed by atoms with Crippen molar-refractivity contribution in [3.8, 4) is 0 Å². The molecule has 0 rings (SSSR count). The van der Waals surface area contributed by atoms with Crippen molar-refractivity contribution in [1.29, 1.82) is 0 Å². The molecule has 1 amide bonds. The number of nitrogens with two attached hydrogens (primary N) is 1. The van der Waals surface area contributed by atoms with Crippen molar-refractivity contribution < 1.29 is 9.53 Å². The minimum atomic E-state index is -0.779. The van der Waals surface area contributed by atoms with Crippen molar-refractivity contribution >= 4 is 23.1 Å². The monoisotopic (exact) mass is 246 g/mol. The average Bonchev–Trinajstić information content (AvgIpc) is 2.24. The molecular weight excluding hydrogens is 224 g/mol. The van der Waals surface area contributed by atoms with E-state index in [1.54, 1.807) is 14.0 Å². The molecule has 1 atom stereocenters. The van der Waals surface area contributed by atoms with Crippen LogP contribution in [0.2, 0.25) is 0 Å². The van der Waals surface area contributed by atoms with Gasteiger partial charge in [-0.05, 0) is 27.2 Å². The summed E-state index contributed by atoms with van der Waals surface area (Å²) in [6.45, 7) is 7.87. The van der Waals surface area contributed by atoms with Crippen molar-refractivity contribution in [1.82, 2.24) is 5.32 Å². The molecule has 0 aromatic carbocycles. The van der Waals surface area contributed by atoms with E-state index in [9.17, 15) is 4.79 Å². The Hall–Kier alpha value is -0.680. The van der Waals surface area contributed by atoms with E-state index >= 15 is 0 Å². The highest BCUT2D eigenvalue weighted by Crippen LogP contribution is 2.22. The maximum atomic E-state index is 12.0. The van der Waals surface area contributed by atoms with Crippen LogP contribution in [-0.4, -0.2) is 30.2 Å². The van der Waals surface area contributed by atoms with E-state index in [1.165, 1.54) is 0 Å². The minimum absolute atomic E-state index is 0.146. The van der Waals surface area contributed by atoms with E-state index in [1.807, 2.05) is 20.8 Å². The van der Waals surface area contributed by atoms with Crippen molar-refractivity contribution in [3.63, 3.8) is 0 Å². The first kappa shape index (κ1) is 15.3. The van der Waals surface area contributed by atoms with Gasteiger partial charge in [-0.2, -0.15) is 0 Å². The Labute approximate surface area is 103 Å². The van der Waals surface area contributed by atoms with E-state index in [2.05, 4.69) is 5.32 Å². The van der Waals surface area contributed by atoms with Gasteiger partial charge in [-0.3, -0.25) is 4.79 Å². The number of carbonyl (C=O) groups is 1. The van der Waals surface area contributed by atoms with Gasteiger partial charge in [0.1, 0.15) is 0 Å². The summed E-state index contributed by atoms with van der Waals surface area (Å²) >= 11 is 4.93. The van der Waals surface area contributed by atoms with Crippen LogP contribution in [0.25, 0.3) is 0 Å². The molecule has 0 heterocycles. The Morgan fingerprint density at radius 2 is 1.94 bits per heavy atom. The summed E-state index contributed by atoms with van der Waals surface area (Å²) in [5.41, 5.74) is 4.43. The second kappa shape index (κ2) is 5.59. The molecule has 5 heteroatoms. The van der Waals surface area contributed by atoms with Gasteiger partial charge in [-0.1, -0.05) is 19.1 Å². The fourth-order valence-corrected chi connectivity index (χ4v) is 1.24. The van der Waals surface area contributed by atoms with Gasteiger partial charge < -0.3 is 15.8 Å². The number of nitrogens with one attached hydrogen (secondary N) is 1. The molecule has 0 aromatic rings. The van der Waals surface area contributed by atoms with Gasteiger partial charge in [0, 0.05) is 13.7 Å². The van der Waals surface area contributed by atoms with Crippen LogP contribution in [0.3, 0.4) is 0 Å². The van der Waals surface area contributed by atoms with Gasteiger partial charge in [-0.15, -0.1) is 0 Å².